The smallest absolute Gasteiger partial charge is 0.145 e. The van der Waals surface area contributed by atoms with Gasteiger partial charge in [-0.3, -0.25) is 8.97 Å². The summed E-state index contributed by atoms with van der Waals surface area (Å²) in [7, 11) is 0. The van der Waals surface area contributed by atoms with Crippen LogP contribution in [-0.2, 0) is 5.41 Å². The van der Waals surface area contributed by atoms with E-state index >= 15 is 0 Å². The molecule has 250 valence electrons. The van der Waals surface area contributed by atoms with Gasteiger partial charge in [-0.2, -0.15) is 0 Å². The van der Waals surface area contributed by atoms with Gasteiger partial charge >= 0.3 is 0 Å². The first-order valence-electron chi connectivity index (χ1n) is 18.1. The lowest BCUT2D eigenvalue weighted by molar-refractivity contribution is 0.484. The molecule has 6 nitrogen and oxygen atoms in total. The molecule has 0 amide bonds. The van der Waals surface area contributed by atoms with E-state index in [-0.39, 0.29) is 5.41 Å². The normalized spacial score (nSPS) is 13.6. The summed E-state index contributed by atoms with van der Waals surface area (Å²) in [6.07, 6.45) is 5.84. The van der Waals surface area contributed by atoms with Gasteiger partial charge in [0.15, 0.2) is 0 Å². The molecule has 0 saturated heterocycles. The van der Waals surface area contributed by atoms with Crippen molar-refractivity contribution in [1.82, 2.24) is 23.5 Å². The molecule has 6 heteroatoms. The number of rotatable bonds is 3. The highest BCUT2D eigenvalue weighted by molar-refractivity contribution is 6.20. The molecule has 53 heavy (non-hydrogen) atoms. The van der Waals surface area contributed by atoms with E-state index in [2.05, 4.69) is 161 Å². The first-order valence-corrected chi connectivity index (χ1v) is 18.1. The average Bonchev–Trinajstić information content (AvgIpc) is 3.90. The molecule has 0 aliphatic carbocycles. The lowest BCUT2D eigenvalue weighted by Gasteiger charge is -2.33. The van der Waals surface area contributed by atoms with Gasteiger partial charge in [-0.1, -0.05) is 74.5 Å². The fourth-order valence-electron chi connectivity index (χ4n) is 9.16. The molecule has 0 bridgehead atoms. The minimum Gasteiger partial charge on any atom is -0.457 e. The zero-order valence-corrected chi connectivity index (χ0v) is 29.1. The van der Waals surface area contributed by atoms with Crippen molar-refractivity contribution in [2.75, 3.05) is 0 Å². The van der Waals surface area contributed by atoms with Crippen molar-refractivity contribution in [3.05, 3.63) is 163 Å². The van der Waals surface area contributed by atoms with Gasteiger partial charge in [0.2, 0.25) is 0 Å². The van der Waals surface area contributed by atoms with Crippen LogP contribution in [0.1, 0.15) is 25.0 Å². The molecular weight excluding hydrogens is 651 g/mol. The van der Waals surface area contributed by atoms with Crippen molar-refractivity contribution >= 4 is 70.9 Å². The van der Waals surface area contributed by atoms with Gasteiger partial charge in [-0.05, 0) is 77.7 Å². The summed E-state index contributed by atoms with van der Waals surface area (Å²) in [4.78, 5) is 9.80. The third-order valence-corrected chi connectivity index (χ3v) is 11.6. The SMILES string of the molecule is CC1(C)c2cccnc2-n2c3cc(Oc4ccc5c6cc7c8ccccc8n(-c8ccccc8)c7cc6n6ccnc6c5c4)ccc3c3cccc1c32. The number of benzene rings is 6. The second-order valence-electron chi connectivity index (χ2n) is 14.7. The molecule has 11 aromatic rings. The van der Waals surface area contributed by atoms with Gasteiger partial charge in [-0.15, -0.1) is 0 Å². The molecule has 6 aromatic carbocycles. The number of hydrogen-bond donors (Lipinski definition) is 0. The van der Waals surface area contributed by atoms with E-state index in [4.69, 9.17) is 14.7 Å². The maximum atomic E-state index is 6.71. The van der Waals surface area contributed by atoms with Gasteiger partial charge in [-0.25, -0.2) is 9.97 Å². The number of aromatic nitrogens is 5. The number of imidazole rings is 1. The van der Waals surface area contributed by atoms with Crippen LogP contribution in [0.5, 0.6) is 11.5 Å². The molecule has 0 unspecified atom stereocenters. The number of fused-ring (bicyclic) bond motifs is 14. The highest BCUT2D eigenvalue weighted by Gasteiger charge is 2.35. The van der Waals surface area contributed by atoms with Crippen LogP contribution >= 0.6 is 0 Å². The van der Waals surface area contributed by atoms with Crippen LogP contribution in [0.2, 0.25) is 0 Å². The van der Waals surface area contributed by atoms with Crippen molar-refractivity contribution in [3.63, 3.8) is 0 Å². The van der Waals surface area contributed by atoms with Crippen molar-refractivity contribution in [2.45, 2.75) is 19.3 Å². The van der Waals surface area contributed by atoms with E-state index in [1.165, 1.54) is 54.6 Å². The van der Waals surface area contributed by atoms with Crippen LogP contribution in [0.4, 0.5) is 0 Å². The monoisotopic (exact) mass is 681 g/mol. The molecule has 6 heterocycles. The second kappa shape index (κ2) is 10.1. The van der Waals surface area contributed by atoms with Crippen LogP contribution in [0.3, 0.4) is 0 Å². The molecule has 5 aromatic heterocycles. The van der Waals surface area contributed by atoms with Crippen molar-refractivity contribution in [3.8, 4) is 23.0 Å². The fraction of sp³-hybridized carbons (Fsp3) is 0.0638. The van der Waals surface area contributed by atoms with Crippen LogP contribution in [0.15, 0.2) is 152 Å². The summed E-state index contributed by atoms with van der Waals surface area (Å²) in [5, 5.41) is 8.22. The van der Waals surface area contributed by atoms with E-state index in [9.17, 15) is 0 Å². The summed E-state index contributed by atoms with van der Waals surface area (Å²) in [5.41, 5.74) is 10.2. The Kier molecular flexibility index (Phi) is 5.48. The lowest BCUT2D eigenvalue weighted by atomic mass is 9.76. The number of nitrogens with zero attached hydrogens (tertiary/aromatic N) is 5. The Bertz CT molecular complexity index is 3350. The summed E-state index contributed by atoms with van der Waals surface area (Å²) >= 11 is 0. The first kappa shape index (κ1) is 28.7. The Morgan fingerprint density at radius 2 is 1.23 bits per heavy atom. The van der Waals surface area contributed by atoms with E-state index < -0.39 is 0 Å². The zero-order valence-electron chi connectivity index (χ0n) is 29.1. The maximum Gasteiger partial charge on any atom is 0.145 e. The molecule has 1 aliphatic heterocycles. The quantitative estimate of drug-likeness (QED) is 0.174. The van der Waals surface area contributed by atoms with Crippen molar-refractivity contribution in [1.29, 1.82) is 0 Å². The average molecular weight is 682 g/mol. The molecule has 0 radical (unpaired) electrons. The third-order valence-electron chi connectivity index (χ3n) is 11.6. The Labute approximate surface area is 303 Å². The van der Waals surface area contributed by atoms with Crippen LogP contribution in [0.25, 0.3) is 82.4 Å². The van der Waals surface area contributed by atoms with Gasteiger partial charge in [0.1, 0.15) is 23.0 Å². The van der Waals surface area contributed by atoms with Crippen LogP contribution in [-0.4, -0.2) is 23.5 Å². The highest BCUT2D eigenvalue weighted by atomic mass is 16.5. The van der Waals surface area contributed by atoms with Crippen LogP contribution < -0.4 is 4.74 Å². The van der Waals surface area contributed by atoms with Crippen molar-refractivity contribution in [2.24, 2.45) is 0 Å². The molecule has 0 spiro atoms. The summed E-state index contributed by atoms with van der Waals surface area (Å²) in [6.45, 7) is 4.59. The second-order valence-corrected chi connectivity index (χ2v) is 14.7. The summed E-state index contributed by atoms with van der Waals surface area (Å²) in [5.74, 6) is 2.52. The van der Waals surface area contributed by atoms with Gasteiger partial charge in [0.25, 0.3) is 0 Å². The van der Waals surface area contributed by atoms with E-state index in [0.717, 1.165) is 50.5 Å². The number of ether oxygens (including phenoxy) is 1. The van der Waals surface area contributed by atoms with E-state index in [0.29, 0.717) is 0 Å². The Hall–Kier alpha value is -6.92. The van der Waals surface area contributed by atoms with E-state index in [1.807, 2.05) is 18.5 Å². The van der Waals surface area contributed by atoms with Gasteiger partial charge in [0, 0.05) is 73.6 Å². The standard InChI is InChI=1S/C47H31N5O/c1-47(2)38-14-8-13-34-33-20-18-30(25-42(33)52(44(34)38)46-39(47)15-9-21-48-46)53-29-17-19-31-35-26-36-32-12-6-7-16-40(32)51(28-10-4-3-5-11-28)43(36)27-41(35)50-23-22-49-45(50)37(31)24-29/h3-27H,1-2H3. The topological polar surface area (TPSA) is 49.3 Å². The lowest BCUT2D eigenvalue weighted by Crippen LogP contribution is -2.26. The molecule has 0 saturated carbocycles. The van der Waals surface area contributed by atoms with E-state index in [1.54, 1.807) is 0 Å². The molecule has 1 aliphatic rings. The predicted octanol–water partition coefficient (Wildman–Crippen LogP) is 11.7. The molecule has 0 N–H and O–H groups in total. The predicted molar refractivity (Wildman–Crippen MR) is 215 cm³/mol. The first-order chi connectivity index (χ1) is 26.0. The third kappa shape index (κ3) is 3.76. The Balaban J connectivity index is 1.04. The van der Waals surface area contributed by atoms with Gasteiger partial charge in [0.05, 0.1) is 27.6 Å². The Morgan fingerprint density at radius 1 is 0.491 bits per heavy atom. The number of para-hydroxylation sites is 3. The minimum atomic E-state index is -0.162. The maximum absolute atomic E-state index is 6.71. The molecule has 0 atom stereocenters. The number of pyridine rings is 2. The Morgan fingerprint density at radius 3 is 2.13 bits per heavy atom. The van der Waals surface area contributed by atoms with Crippen molar-refractivity contribution < 1.29 is 4.74 Å². The molecule has 12 rings (SSSR count). The molecule has 0 fully saturated rings. The molecular formula is C47H31N5O. The summed E-state index contributed by atoms with van der Waals surface area (Å²) < 4.78 is 13.6. The summed E-state index contributed by atoms with van der Waals surface area (Å²) in [6, 6.07) is 47.7. The zero-order chi connectivity index (χ0) is 35.0. The fourth-order valence-corrected chi connectivity index (χ4v) is 9.16. The minimum absolute atomic E-state index is 0.162. The van der Waals surface area contributed by atoms with Crippen LogP contribution in [0, 0.1) is 0 Å². The largest absolute Gasteiger partial charge is 0.457 e. The number of hydrogen-bond acceptors (Lipinski definition) is 3. The van der Waals surface area contributed by atoms with Gasteiger partial charge < -0.3 is 9.30 Å². The highest BCUT2D eigenvalue weighted by Crippen LogP contribution is 2.47.